The van der Waals surface area contributed by atoms with Gasteiger partial charge in [0.15, 0.2) is 5.17 Å². The van der Waals surface area contributed by atoms with Gasteiger partial charge >= 0.3 is 5.97 Å². The number of hydrogen-bond acceptors (Lipinski definition) is 8. The van der Waals surface area contributed by atoms with Gasteiger partial charge in [-0.05, 0) is 43.4 Å². The van der Waals surface area contributed by atoms with Crippen molar-refractivity contribution in [2.45, 2.75) is 51.9 Å². The Labute approximate surface area is 204 Å². The number of nitrogens with zero attached hydrogens (tertiary/aromatic N) is 3. The van der Waals surface area contributed by atoms with Crippen molar-refractivity contribution in [2.24, 2.45) is 4.99 Å². The molecule has 0 saturated carbocycles. The second-order valence-corrected chi connectivity index (χ2v) is 9.45. The van der Waals surface area contributed by atoms with Gasteiger partial charge in [-0.2, -0.15) is 0 Å². The molecule has 34 heavy (non-hydrogen) atoms. The number of amidine groups is 1. The largest absolute Gasteiger partial charge is 0.497 e. The Bertz CT molecular complexity index is 1060. The van der Waals surface area contributed by atoms with Crippen LogP contribution in [0.4, 0.5) is 0 Å². The highest BCUT2D eigenvalue weighted by atomic mass is 32.2. The number of aliphatic imine (C=N–C) groups is 1. The Kier molecular flexibility index (Phi) is 7.33. The number of fused-ring (bicyclic) bond motifs is 1. The molecule has 0 N–H and O–H groups in total. The SMILES string of the molecule is CCC1=C(C(=O)OC)C(c2cccc(OC)c2)N2C(CC(=O)N3CC(C)OC(C)C3)=CSC2=N1. The third-order valence-electron chi connectivity index (χ3n) is 6.14. The summed E-state index contributed by atoms with van der Waals surface area (Å²) < 4.78 is 16.4. The first-order valence-electron chi connectivity index (χ1n) is 11.5. The minimum atomic E-state index is -0.471. The Hall–Kier alpha value is -2.78. The van der Waals surface area contributed by atoms with Gasteiger partial charge in [-0.25, -0.2) is 9.79 Å². The van der Waals surface area contributed by atoms with Gasteiger partial charge in [-0.3, -0.25) is 4.79 Å². The van der Waals surface area contributed by atoms with Crippen molar-refractivity contribution in [2.75, 3.05) is 27.3 Å². The lowest BCUT2D eigenvalue weighted by atomic mass is 9.92. The van der Waals surface area contributed by atoms with Gasteiger partial charge in [-0.1, -0.05) is 30.8 Å². The Morgan fingerprint density at radius 2 is 1.94 bits per heavy atom. The van der Waals surface area contributed by atoms with E-state index in [0.717, 1.165) is 16.4 Å². The maximum absolute atomic E-state index is 13.3. The van der Waals surface area contributed by atoms with E-state index >= 15 is 0 Å². The van der Waals surface area contributed by atoms with E-state index in [1.54, 1.807) is 7.11 Å². The second kappa shape index (κ2) is 10.2. The summed E-state index contributed by atoms with van der Waals surface area (Å²) in [6.45, 7) is 7.07. The maximum atomic E-state index is 13.3. The monoisotopic (exact) mass is 485 g/mol. The summed E-state index contributed by atoms with van der Waals surface area (Å²) in [5, 5.41) is 2.72. The van der Waals surface area contributed by atoms with Crippen LogP contribution in [-0.4, -0.2) is 66.4 Å². The molecule has 0 bridgehead atoms. The van der Waals surface area contributed by atoms with E-state index in [1.807, 2.05) is 60.2 Å². The Morgan fingerprint density at radius 3 is 2.59 bits per heavy atom. The number of carbonyl (C=O) groups is 2. The molecule has 3 aliphatic rings. The minimum absolute atomic E-state index is 0.00255. The smallest absolute Gasteiger partial charge is 0.338 e. The minimum Gasteiger partial charge on any atom is -0.497 e. The summed E-state index contributed by atoms with van der Waals surface area (Å²) in [4.78, 5) is 34.9. The summed E-state index contributed by atoms with van der Waals surface area (Å²) >= 11 is 1.47. The average molecular weight is 486 g/mol. The quantitative estimate of drug-likeness (QED) is 0.566. The van der Waals surface area contributed by atoms with Crippen LogP contribution in [0.25, 0.3) is 0 Å². The molecule has 3 unspecified atom stereocenters. The van der Waals surface area contributed by atoms with E-state index in [0.29, 0.717) is 36.5 Å². The lowest BCUT2D eigenvalue weighted by molar-refractivity contribution is -0.142. The normalized spacial score (nSPS) is 24.4. The molecule has 9 heteroatoms. The fourth-order valence-electron chi connectivity index (χ4n) is 4.69. The van der Waals surface area contributed by atoms with E-state index in [-0.39, 0.29) is 24.5 Å². The van der Waals surface area contributed by atoms with Gasteiger partial charge in [-0.15, -0.1) is 0 Å². The van der Waals surface area contributed by atoms with Crippen LogP contribution in [0.1, 0.15) is 45.2 Å². The number of methoxy groups -OCH3 is 2. The summed E-state index contributed by atoms with van der Waals surface area (Å²) in [6, 6.07) is 7.16. The van der Waals surface area contributed by atoms with Crippen LogP contribution in [-0.2, 0) is 19.1 Å². The average Bonchev–Trinajstić information content (AvgIpc) is 3.23. The molecule has 0 radical (unpaired) electrons. The zero-order chi connectivity index (χ0) is 24.4. The highest BCUT2D eigenvalue weighted by Crippen LogP contribution is 2.46. The zero-order valence-corrected chi connectivity index (χ0v) is 21.1. The predicted octanol–water partition coefficient (Wildman–Crippen LogP) is 3.86. The van der Waals surface area contributed by atoms with Gasteiger partial charge in [0.1, 0.15) is 5.75 Å². The zero-order valence-electron chi connectivity index (χ0n) is 20.2. The van der Waals surface area contributed by atoms with Gasteiger partial charge in [0, 0.05) is 18.8 Å². The second-order valence-electron chi connectivity index (χ2n) is 8.61. The number of rotatable bonds is 6. The first-order chi connectivity index (χ1) is 16.4. The van der Waals surface area contributed by atoms with Crippen LogP contribution in [0.15, 0.2) is 51.6 Å². The summed E-state index contributed by atoms with van der Waals surface area (Å²) in [6.07, 6.45) is 0.789. The highest BCUT2D eigenvalue weighted by molar-refractivity contribution is 8.16. The molecule has 1 saturated heterocycles. The van der Waals surface area contributed by atoms with Crippen molar-refractivity contribution >= 4 is 28.8 Å². The number of hydrogen-bond donors (Lipinski definition) is 0. The van der Waals surface area contributed by atoms with Gasteiger partial charge < -0.3 is 24.0 Å². The number of carbonyl (C=O) groups excluding carboxylic acids is 2. The van der Waals surface area contributed by atoms with E-state index in [9.17, 15) is 9.59 Å². The van der Waals surface area contributed by atoms with E-state index in [1.165, 1.54) is 18.9 Å². The molecule has 1 amide bonds. The molecule has 1 aromatic carbocycles. The number of amides is 1. The van der Waals surface area contributed by atoms with Crippen LogP contribution in [0.5, 0.6) is 5.75 Å². The van der Waals surface area contributed by atoms with Crippen molar-refractivity contribution in [1.29, 1.82) is 0 Å². The standard InChI is InChI=1S/C25H31N3O5S/c1-6-20-22(24(30)32-5)23(17-8-7-9-19(10-17)31-4)28-18(14-34-25(28)26-20)11-21(29)27-12-15(2)33-16(3)13-27/h7-10,14-16,23H,6,11-13H2,1-5H3. The summed E-state index contributed by atoms with van der Waals surface area (Å²) in [5.74, 6) is 0.295. The van der Waals surface area contributed by atoms with Crippen LogP contribution in [0.3, 0.4) is 0 Å². The molecular weight excluding hydrogens is 454 g/mol. The first-order valence-corrected chi connectivity index (χ1v) is 12.4. The molecule has 182 valence electrons. The fraction of sp³-hybridized carbons (Fsp3) is 0.480. The van der Waals surface area contributed by atoms with Crippen LogP contribution in [0.2, 0.25) is 0 Å². The molecule has 0 spiro atoms. The fourth-order valence-corrected chi connectivity index (χ4v) is 5.63. The Morgan fingerprint density at radius 1 is 1.21 bits per heavy atom. The van der Waals surface area contributed by atoms with Crippen LogP contribution < -0.4 is 4.74 Å². The van der Waals surface area contributed by atoms with E-state index < -0.39 is 12.0 Å². The topological polar surface area (TPSA) is 80.7 Å². The van der Waals surface area contributed by atoms with Gasteiger partial charge in [0.2, 0.25) is 5.91 Å². The number of allylic oxidation sites excluding steroid dienone is 1. The molecule has 1 fully saturated rings. The third-order valence-corrected chi connectivity index (χ3v) is 7.03. The summed E-state index contributed by atoms with van der Waals surface area (Å²) in [5.41, 5.74) is 2.85. The molecule has 0 aliphatic carbocycles. The van der Waals surface area contributed by atoms with Crippen molar-refractivity contribution in [1.82, 2.24) is 9.80 Å². The van der Waals surface area contributed by atoms with Crippen molar-refractivity contribution < 1.29 is 23.8 Å². The van der Waals surface area contributed by atoms with E-state index in [4.69, 9.17) is 19.2 Å². The lowest BCUT2D eigenvalue weighted by Gasteiger charge is -2.38. The number of ether oxygens (including phenoxy) is 3. The number of thioether (sulfide) groups is 1. The summed E-state index contributed by atoms with van der Waals surface area (Å²) in [7, 11) is 2.99. The van der Waals surface area contributed by atoms with E-state index in [2.05, 4.69) is 0 Å². The van der Waals surface area contributed by atoms with Crippen LogP contribution >= 0.6 is 11.8 Å². The molecule has 1 aromatic rings. The first kappa shape index (κ1) is 24.3. The molecule has 8 nitrogen and oxygen atoms in total. The van der Waals surface area contributed by atoms with Gasteiger partial charge in [0.25, 0.3) is 0 Å². The molecule has 3 aliphatic heterocycles. The molecule has 0 aromatic heterocycles. The van der Waals surface area contributed by atoms with Crippen molar-refractivity contribution in [3.8, 4) is 5.75 Å². The lowest BCUT2D eigenvalue weighted by Crippen LogP contribution is -2.48. The number of benzene rings is 1. The highest BCUT2D eigenvalue weighted by Gasteiger charge is 2.42. The molecule has 3 heterocycles. The predicted molar refractivity (Wildman–Crippen MR) is 131 cm³/mol. The Balaban J connectivity index is 1.71. The number of esters is 1. The van der Waals surface area contributed by atoms with Crippen molar-refractivity contribution in [3.05, 3.63) is 52.2 Å². The van der Waals surface area contributed by atoms with Crippen LogP contribution in [0, 0.1) is 0 Å². The third kappa shape index (κ3) is 4.72. The molecule has 3 atom stereocenters. The van der Waals surface area contributed by atoms with Crippen molar-refractivity contribution in [3.63, 3.8) is 0 Å². The maximum Gasteiger partial charge on any atom is 0.338 e. The molecule has 4 rings (SSSR count). The number of morpholine rings is 1. The molecular formula is C25H31N3O5S. The van der Waals surface area contributed by atoms with Gasteiger partial charge in [0.05, 0.1) is 50.2 Å².